The number of hydrogen-bond donors (Lipinski definition) is 0. The van der Waals surface area contributed by atoms with Gasteiger partial charge >= 0.3 is 5.97 Å². The van der Waals surface area contributed by atoms with Crippen LogP contribution in [0.1, 0.15) is 5.56 Å². The van der Waals surface area contributed by atoms with Gasteiger partial charge in [0.15, 0.2) is 0 Å². The second-order valence-corrected chi connectivity index (χ2v) is 4.78. The number of esters is 1. The molecule has 2 aromatic carbocycles. The summed E-state index contributed by atoms with van der Waals surface area (Å²) in [6, 6.07) is 14.6. The highest BCUT2D eigenvalue weighted by Crippen LogP contribution is 2.24. The second-order valence-electron chi connectivity index (χ2n) is 3.93. The topological polar surface area (TPSA) is 35.5 Å². The summed E-state index contributed by atoms with van der Waals surface area (Å²) in [5.74, 6) is 1.00. The predicted molar refractivity (Wildman–Crippen MR) is 76.5 cm³/mol. The third kappa shape index (κ3) is 3.83. The quantitative estimate of drug-likeness (QED) is 0.637. The van der Waals surface area contributed by atoms with Crippen LogP contribution in [-0.4, -0.2) is 13.1 Å². The molecule has 0 bridgehead atoms. The smallest absolute Gasteiger partial charge is 0.315 e. The Morgan fingerprint density at radius 3 is 2.42 bits per heavy atom. The van der Waals surface area contributed by atoms with E-state index in [0.717, 1.165) is 15.8 Å². The van der Waals surface area contributed by atoms with Gasteiger partial charge in [-0.1, -0.05) is 24.3 Å². The van der Waals surface area contributed by atoms with E-state index in [-0.39, 0.29) is 12.4 Å². The van der Waals surface area contributed by atoms with Crippen LogP contribution in [-0.2, 0) is 11.2 Å². The Morgan fingerprint density at radius 2 is 1.79 bits per heavy atom. The molecule has 19 heavy (non-hydrogen) atoms. The van der Waals surface area contributed by atoms with Gasteiger partial charge in [0.05, 0.1) is 18.0 Å². The molecule has 0 aliphatic rings. The van der Waals surface area contributed by atoms with Crippen LogP contribution in [0.15, 0.2) is 53.0 Å². The highest BCUT2D eigenvalue weighted by atomic mass is 79.9. The first-order chi connectivity index (χ1) is 9.19. The Bertz CT molecular complexity index is 564. The molecule has 0 aliphatic heterocycles. The molecule has 0 heterocycles. The highest BCUT2D eigenvalue weighted by molar-refractivity contribution is 9.10. The van der Waals surface area contributed by atoms with Crippen LogP contribution in [0.2, 0.25) is 0 Å². The van der Waals surface area contributed by atoms with E-state index in [9.17, 15) is 4.79 Å². The maximum absolute atomic E-state index is 11.8. The minimum absolute atomic E-state index is 0.228. The zero-order valence-corrected chi connectivity index (χ0v) is 12.0. The minimum atomic E-state index is -0.294. The molecule has 0 unspecified atom stereocenters. The van der Waals surface area contributed by atoms with Crippen molar-refractivity contribution in [2.75, 3.05) is 7.11 Å². The average Bonchev–Trinajstić information content (AvgIpc) is 2.42. The Balaban J connectivity index is 1.99. The summed E-state index contributed by atoms with van der Waals surface area (Å²) < 4.78 is 11.1. The zero-order chi connectivity index (χ0) is 13.7. The third-order valence-corrected chi connectivity index (χ3v) is 3.22. The Kier molecular flexibility index (Phi) is 4.58. The molecule has 0 radical (unpaired) electrons. The number of benzene rings is 2. The van der Waals surface area contributed by atoms with Crippen LogP contribution >= 0.6 is 15.9 Å². The zero-order valence-electron chi connectivity index (χ0n) is 10.4. The van der Waals surface area contributed by atoms with Gasteiger partial charge in [0.1, 0.15) is 11.5 Å². The van der Waals surface area contributed by atoms with Crippen LogP contribution < -0.4 is 9.47 Å². The van der Waals surface area contributed by atoms with Gasteiger partial charge in [0, 0.05) is 0 Å². The number of ether oxygens (including phenoxy) is 2. The van der Waals surface area contributed by atoms with E-state index in [2.05, 4.69) is 15.9 Å². The summed E-state index contributed by atoms with van der Waals surface area (Å²) in [6.07, 6.45) is 0.228. The molecule has 0 spiro atoms. The average molecular weight is 321 g/mol. The van der Waals surface area contributed by atoms with Crippen LogP contribution in [0.3, 0.4) is 0 Å². The van der Waals surface area contributed by atoms with Gasteiger partial charge in [-0.2, -0.15) is 0 Å². The van der Waals surface area contributed by atoms with Crippen LogP contribution in [0.4, 0.5) is 0 Å². The number of methoxy groups -OCH3 is 1. The van der Waals surface area contributed by atoms with Crippen molar-refractivity contribution in [1.82, 2.24) is 0 Å². The van der Waals surface area contributed by atoms with E-state index in [0.29, 0.717) is 5.75 Å². The van der Waals surface area contributed by atoms with Gasteiger partial charge < -0.3 is 9.47 Å². The van der Waals surface area contributed by atoms with Crippen molar-refractivity contribution < 1.29 is 14.3 Å². The molecule has 0 aromatic heterocycles. The molecular formula is C15H13BrO3. The van der Waals surface area contributed by atoms with E-state index < -0.39 is 0 Å². The molecule has 0 saturated carbocycles. The first-order valence-electron chi connectivity index (χ1n) is 5.77. The van der Waals surface area contributed by atoms with Crippen LogP contribution in [0.5, 0.6) is 11.5 Å². The van der Waals surface area contributed by atoms with Gasteiger partial charge in [0.25, 0.3) is 0 Å². The monoisotopic (exact) mass is 320 g/mol. The summed E-state index contributed by atoms with van der Waals surface area (Å²) in [5, 5.41) is 0. The molecule has 0 fully saturated rings. The summed E-state index contributed by atoms with van der Waals surface area (Å²) in [6.45, 7) is 0. The van der Waals surface area contributed by atoms with Crippen LogP contribution in [0.25, 0.3) is 0 Å². The lowest BCUT2D eigenvalue weighted by Gasteiger charge is -2.06. The molecule has 0 saturated heterocycles. The van der Waals surface area contributed by atoms with E-state index in [4.69, 9.17) is 9.47 Å². The molecular weight excluding hydrogens is 308 g/mol. The third-order valence-electron chi connectivity index (χ3n) is 2.57. The van der Waals surface area contributed by atoms with Crippen molar-refractivity contribution in [3.05, 3.63) is 58.6 Å². The lowest BCUT2D eigenvalue weighted by Crippen LogP contribution is -2.11. The minimum Gasteiger partial charge on any atom is -0.497 e. The number of halogens is 1. The Labute approximate surface area is 120 Å². The fourth-order valence-corrected chi connectivity index (χ4v) is 1.96. The van der Waals surface area contributed by atoms with Gasteiger partial charge in [-0.05, 0) is 45.8 Å². The highest BCUT2D eigenvalue weighted by Gasteiger charge is 2.08. The summed E-state index contributed by atoms with van der Waals surface area (Å²) >= 11 is 3.34. The van der Waals surface area contributed by atoms with Crippen molar-refractivity contribution in [1.29, 1.82) is 0 Å². The maximum atomic E-state index is 11.8. The second kappa shape index (κ2) is 6.38. The van der Waals surface area contributed by atoms with Gasteiger partial charge in [-0.3, -0.25) is 4.79 Å². The molecule has 3 nitrogen and oxygen atoms in total. The van der Waals surface area contributed by atoms with Crippen molar-refractivity contribution in [2.24, 2.45) is 0 Å². The molecule has 0 amide bonds. The lowest BCUT2D eigenvalue weighted by molar-refractivity contribution is -0.133. The van der Waals surface area contributed by atoms with Crippen LogP contribution in [0, 0.1) is 0 Å². The molecule has 98 valence electrons. The number of para-hydroxylation sites is 1. The van der Waals surface area contributed by atoms with Gasteiger partial charge in [-0.15, -0.1) is 0 Å². The fraction of sp³-hybridized carbons (Fsp3) is 0.133. The van der Waals surface area contributed by atoms with E-state index >= 15 is 0 Å². The van der Waals surface area contributed by atoms with Crippen molar-refractivity contribution in [3.63, 3.8) is 0 Å². The molecule has 0 atom stereocenters. The number of carbonyl (C=O) groups is 1. The molecule has 2 rings (SSSR count). The van der Waals surface area contributed by atoms with Crippen molar-refractivity contribution in [3.8, 4) is 11.5 Å². The molecule has 0 N–H and O–H groups in total. The largest absolute Gasteiger partial charge is 0.497 e. The Hall–Kier alpha value is -1.81. The first-order valence-corrected chi connectivity index (χ1v) is 6.56. The predicted octanol–water partition coefficient (Wildman–Crippen LogP) is 3.61. The van der Waals surface area contributed by atoms with Gasteiger partial charge in [-0.25, -0.2) is 0 Å². The molecule has 4 heteroatoms. The normalized spacial score (nSPS) is 10.0. The lowest BCUT2D eigenvalue weighted by atomic mass is 10.1. The number of rotatable bonds is 4. The fourth-order valence-electron chi connectivity index (χ4n) is 1.60. The first kappa shape index (κ1) is 13.6. The van der Waals surface area contributed by atoms with Crippen molar-refractivity contribution >= 4 is 21.9 Å². The summed E-state index contributed by atoms with van der Waals surface area (Å²) in [4.78, 5) is 11.8. The maximum Gasteiger partial charge on any atom is 0.315 e. The van der Waals surface area contributed by atoms with E-state index in [1.807, 2.05) is 42.5 Å². The summed E-state index contributed by atoms with van der Waals surface area (Å²) in [5.41, 5.74) is 0.887. The Morgan fingerprint density at radius 1 is 1.11 bits per heavy atom. The molecule has 0 aliphatic carbocycles. The molecule has 2 aromatic rings. The SMILES string of the molecule is COc1ccc(CC(=O)Oc2ccccc2Br)cc1. The number of carbonyl (C=O) groups excluding carboxylic acids is 1. The number of hydrogen-bond acceptors (Lipinski definition) is 3. The van der Waals surface area contributed by atoms with Gasteiger partial charge in [0.2, 0.25) is 0 Å². The standard InChI is InChI=1S/C15H13BrO3/c1-18-12-8-6-11(7-9-12)10-15(17)19-14-5-3-2-4-13(14)16/h2-9H,10H2,1H3. The van der Waals surface area contributed by atoms with Crippen molar-refractivity contribution in [2.45, 2.75) is 6.42 Å². The van der Waals surface area contributed by atoms with E-state index in [1.165, 1.54) is 0 Å². The summed E-state index contributed by atoms with van der Waals surface area (Å²) in [7, 11) is 1.61. The van der Waals surface area contributed by atoms with E-state index in [1.54, 1.807) is 13.2 Å².